The van der Waals surface area contributed by atoms with E-state index in [1.165, 1.54) is 0 Å². The fourth-order valence-corrected chi connectivity index (χ4v) is 2.41. The highest BCUT2D eigenvalue weighted by atomic mass is 32.1. The Bertz CT molecular complexity index is 621. The first kappa shape index (κ1) is 13.4. The lowest BCUT2D eigenvalue weighted by Crippen LogP contribution is -2.38. The molecule has 2 heterocycles. The number of ether oxygens (including phenoxy) is 1. The fourth-order valence-electron chi connectivity index (χ4n) is 2.25. The zero-order valence-electron chi connectivity index (χ0n) is 11.2. The van der Waals surface area contributed by atoms with Crippen LogP contribution in [0.5, 0.6) is 0 Å². The van der Waals surface area contributed by atoms with E-state index in [1.807, 2.05) is 35.0 Å². The Morgan fingerprint density at radius 3 is 2.55 bits per heavy atom. The molecule has 5 heteroatoms. The third-order valence-electron chi connectivity index (χ3n) is 3.37. The highest BCUT2D eigenvalue weighted by Crippen LogP contribution is 2.15. The number of benzene rings is 1. The maximum Gasteiger partial charge on any atom is 0.124 e. The molecule has 1 aromatic carbocycles. The molecule has 3 rings (SSSR count). The first-order chi connectivity index (χ1) is 9.83. The molecule has 1 aliphatic heterocycles. The van der Waals surface area contributed by atoms with Crippen molar-refractivity contribution in [1.29, 1.82) is 0 Å². The second-order valence-electron chi connectivity index (χ2n) is 4.79. The summed E-state index contributed by atoms with van der Waals surface area (Å²) in [5.41, 5.74) is 2.06. The molecule has 0 amide bonds. The smallest absolute Gasteiger partial charge is 0.124 e. The minimum Gasteiger partial charge on any atom is -0.379 e. The summed E-state index contributed by atoms with van der Waals surface area (Å²) in [7, 11) is 0. The molecule has 0 aliphatic carbocycles. The quantitative estimate of drug-likeness (QED) is 0.812. The van der Waals surface area contributed by atoms with Gasteiger partial charge >= 0.3 is 0 Å². The van der Waals surface area contributed by atoms with Crippen LogP contribution in [0.3, 0.4) is 0 Å². The summed E-state index contributed by atoms with van der Waals surface area (Å²) in [6.45, 7) is 4.15. The first-order valence-corrected chi connectivity index (χ1v) is 7.17. The number of nitrogens with zero attached hydrogens (tertiary/aromatic N) is 3. The fraction of sp³-hybridized carbons (Fsp3) is 0.333. The predicted molar refractivity (Wildman–Crippen MR) is 80.9 cm³/mol. The molecule has 1 saturated heterocycles. The Hall–Kier alpha value is -1.56. The molecule has 0 atom stereocenters. The van der Waals surface area contributed by atoms with E-state index in [1.54, 1.807) is 0 Å². The second-order valence-corrected chi connectivity index (χ2v) is 5.21. The van der Waals surface area contributed by atoms with E-state index in [9.17, 15) is 0 Å². The summed E-state index contributed by atoms with van der Waals surface area (Å²) in [6.07, 6.45) is 0. The third-order valence-corrected chi connectivity index (χ3v) is 3.72. The number of hydrogen-bond donors (Lipinski definition) is 0. The van der Waals surface area contributed by atoms with Crippen LogP contribution in [0, 0.1) is 4.64 Å². The molecule has 0 unspecified atom stereocenters. The van der Waals surface area contributed by atoms with Crippen LogP contribution in [0.1, 0.15) is 0 Å². The Labute approximate surface area is 123 Å². The van der Waals surface area contributed by atoms with E-state index < -0.39 is 0 Å². The van der Waals surface area contributed by atoms with Crippen molar-refractivity contribution in [3.05, 3.63) is 47.1 Å². The van der Waals surface area contributed by atoms with Crippen LogP contribution in [0.4, 0.5) is 0 Å². The van der Waals surface area contributed by atoms with Crippen LogP contribution in [0.25, 0.3) is 11.3 Å². The Kier molecular flexibility index (Phi) is 4.20. The van der Waals surface area contributed by atoms with Gasteiger partial charge in [0, 0.05) is 18.7 Å². The van der Waals surface area contributed by atoms with Gasteiger partial charge < -0.3 is 4.74 Å². The first-order valence-electron chi connectivity index (χ1n) is 6.76. The van der Waals surface area contributed by atoms with Crippen molar-refractivity contribution in [2.75, 3.05) is 26.3 Å². The molecule has 0 spiro atoms. The molecule has 20 heavy (non-hydrogen) atoms. The number of rotatable bonds is 3. The summed E-state index contributed by atoms with van der Waals surface area (Å²) < 4.78 is 8.02. The lowest BCUT2D eigenvalue weighted by Gasteiger charge is -2.26. The number of morpholine rings is 1. The van der Waals surface area contributed by atoms with Crippen molar-refractivity contribution in [1.82, 2.24) is 14.7 Å². The molecule has 4 nitrogen and oxygen atoms in total. The summed E-state index contributed by atoms with van der Waals surface area (Å²) in [5, 5.41) is 4.67. The van der Waals surface area contributed by atoms with Crippen LogP contribution in [-0.2, 0) is 11.4 Å². The van der Waals surface area contributed by atoms with E-state index in [0.29, 0.717) is 0 Å². The molecule has 104 valence electrons. The van der Waals surface area contributed by atoms with Gasteiger partial charge in [-0.15, -0.1) is 0 Å². The minimum atomic E-state index is 0.725. The number of hydrogen-bond acceptors (Lipinski definition) is 4. The second kappa shape index (κ2) is 6.26. The van der Waals surface area contributed by atoms with E-state index in [4.69, 9.17) is 17.0 Å². The van der Waals surface area contributed by atoms with Crippen LogP contribution in [0.15, 0.2) is 42.5 Å². The molecule has 0 bridgehead atoms. The molecule has 0 saturated carbocycles. The van der Waals surface area contributed by atoms with Gasteiger partial charge in [0.15, 0.2) is 0 Å². The summed E-state index contributed by atoms with van der Waals surface area (Å²) in [6, 6.07) is 14.1. The normalized spacial score (nSPS) is 16.2. The van der Waals surface area contributed by atoms with Crippen molar-refractivity contribution in [3.8, 4) is 11.3 Å². The van der Waals surface area contributed by atoms with Gasteiger partial charge in [-0.3, -0.25) is 4.90 Å². The van der Waals surface area contributed by atoms with Crippen LogP contribution >= 0.6 is 12.2 Å². The predicted octanol–water partition coefficient (Wildman–Crippen LogP) is 2.57. The van der Waals surface area contributed by atoms with Gasteiger partial charge in [0.05, 0.1) is 25.6 Å². The van der Waals surface area contributed by atoms with Crippen LogP contribution in [0.2, 0.25) is 0 Å². The summed E-state index contributed by atoms with van der Waals surface area (Å²) >= 11 is 5.37. The molecule has 0 N–H and O–H groups in total. The lowest BCUT2D eigenvalue weighted by molar-refractivity contribution is 0.0208. The SMILES string of the molecule is S=c1ccc(-c2ccccc2)nn1CN1CCOCC1. The van der Waals surface area contributed by atoms with E-state index >= 15 is 0 Å². The minimum absolute atomic E-state index is 0.725. The maximum absolute atomic E-state index is 5.37. The van der Waals surface area contributed by atoms with Crippen molar-refractivity contribution in [2.24, 2.45) is 0 Å². The monoisotopic (exact) mass is 287 g/mol. The van der Waals surface area contributed by atoms with Gasteiger partial charge in [0.25, 0.3) is 0 Å². The lowest BCUT2D eigenvalue weighted by atomic mass is 10.1. The Morgan fingerprint density at radius 1 is 1.05 bits per heavy atom. The van der Waals surface area contributed by atoms with E-state index in [2.05, 4.69) is 22.1 Å². The van der Waals surface area contributed by atoms with Crippen LogP contribution in [-0.4, -0.2) is 41.0 Å². The standard InChI is InChI=1S/C15H17N3OS/c20-15-7-6-14(13-4-2-1-3-5-13)16-18(15)12-17-8-10-19-11-9-17/h1-7H,8-12H2. The van der Waals surface area contributed by atoms with Gasteiger partial charge in [-0.05, 0) is 12.1 Å². The molecular weight excluding hydrogens is 270 g/mol. The van der Waals surface area contributed by atoms with Gasteiger partial charge in [-0.25, -0.2) is 4.68 Å². The van der Waals surface area contributed by atoms with Crippen molar-refractivity contribution in [3.63, 3.8) is 0 Å². The topological polar surface area (TPSA) is 30.3 Å². The number of aromatic nitrogens is 2. The summed E-state index contributed by atoms with van der Waals surface area (Å²) in [5.74, 6) is 0. The largest absolute Gasteiger partial charge is 0.379 e. The zero-order chi connectivity index (χ0) is 13.8. The van der Waals surface area contributed by atoms with E-state index in [-0.39, 0.29) is 0 Å². The Morgan fingerprint density at radius 2 is 1.80 bits per heavy atom. The third kappa shape index (κ3) is 3.12. The van der Waals surface area contributed by atoms with Gasteiger partial charge in [0.2, 0.25) is 0 Å². The van der Waals surface area contributed by atoms with Gasteiger partial charge in [-0.2, -0.15) is 5.10 Å². The van der Waals surface area contributed by atoms with Gasteiger partial charge in [-0.1, -0.05) is 42.5 Å². The average molecular weight is 287 g/mol. The Balaban J connectivity index is 1.85. The van der Waals surface area contributed by atoms with E-state index in [0.717, 1.165) is 48.9 Å². The zero-order valence-corrected chi connectivity index (χ0v) is 12.1. The molecule has 1 aliphatic rings. The van der Waals surface area contributed by atoms with Gasteiger partial charge in [0.1, 0.15) is 4.64 Å². The molecule has 2 aromatic rings. The average Bonchev–Trinajstić information content (AvgIpc) is 2.51. The highest BCUT2D eigenvalue weighted by molar-refractivity contribution is 7.71. The molecular formula is C15H17N3OS. The van der Waals surface area contributed by atoms with Crippen molar-refractivity contribution >= 4 is 12.2 Å². The highest BCUT2D eigenvalue weighted by Gasteiger charge is 2.11. The maximum atomic E-state index is 5.37. The van der Waals surface area contributed by atoms with Crippen molar-refractivity contribution in [2.45, 2.75) is 6.67 Å². The van der Waals surface area contributed by atoms with Crippen LogP contribution < -0.4 is 0 Å². The molecule has 1 fully saturated rings. The van der Waals surface area contributed by atoms with Crippen molar-refractivity contribution < 1.29 is 4.74 Å². The summed E-state index contributed by atoms with van der Waals surface area (Å²) in [4.78, 5) is 2.31. The molecule has 1 aromatic heterocycles. The molecule has 0 radical (unpaired) electrons.